The second-order valence-corrected chi connectivity index (χ2v) is 10.6. The predicted octanol–water partition coefficient (Wildman–Crippen LogP) is 3.40. The second-order valence-electron chi connectivity index (χ2n) is 7.83. The van der Waals surface area contributed by atoms with E-state index in [9.17, 15) is 13.2 Å². The van der Waals surface area contributed by atoms with Crippen molar-refractivity contribution >= 4 is 27.3 Å². The largest absolute Gasteiger partial charge is 0.352 e. The van der Waals surface area contributed by atoms with Gasteiger partial charge in [0.15, 0.2) is 0 Å². The summed E-state index contributed by atoms with van der Waals surface area (Å²) in [5.74, 6) is -0.190. The van der Waals surface area contributed by atoms with Crippen LogP contribution in [0, 0.1) is 0 Å². The van der Waals surface area contributed by atoms with Crippen molar-refractivity contribution in [3.8, 4) is 0 Å². The van der Waals surface area contributed by atoms with Gasteiger partial charge in [0.05, 0.1) is 4.90 Å². The summed E-state index contributed by atoms with van der Waals surface area (Å²) < 4.78 is 27.5. The molecule has 1 aromatic heterocycles. The molecular weight excluding hydrogens is 442 g/mol. The molecule has 168 valence electrons. The number of fused-ring (bicyclic) bond motifs is 1. The normalized spacial score (nSPS) is 14.1. The van der Waals surface area contributed by atoms with E-state index in [4.69, 9.17) is 0 Å². The molecule has 0 fully saturated rings. The van der Waals surface area contributed by atoms with Crippen molar-refractivity contribution in [2.75, 3.05) is 19.6 Å². The van der Waals surface area contributed by atoms with Gasteiger partial charge in [-0.15, -0.1) is 11.3 Å². The number of carbonyl (C=O) groups excluding carboxylic acids is 1. The average Bonchev–Trinajstić information content (AvgIpc) is 3.34. The molecule has 0 spiro atoms. The van der Waals surface area contributed by atoms with Crippen molar-refractivity contribution in [3.63, 3.8) is 0 Å². The molecule has 8 heteroatoms. The third-order valence-electron chi connectivity index (χ3n) is 5.59. The van der Waals surface area contributed by atoms with Crippen molar-refractivity contribution in [2.24, 2.45) is 0 Å². The van der Waals surface area contributed by atoms with Crippen molar-refractivity contribution in [1.82, 2.24) is 14.9 Å². The second kappa shape index (κ2) is 10.4. The summed E-state index contributed by atoms with van der Waals surface area (Å²) in [7, 11) is -3.61. The van der Waals surface area contributed by atoms with Crippen LogP contribution in [0.4, 0.5) is 0 Å². The summed E-state index contributed by atoms with van der Waals surface area (Å²) >= 11 is 1.50. The van der Waals surface area contributed by atoms with Gasteiger partial charge in [0, 0.05) is 43.2 Å². The van der Waals surface area contributed by atoms with Gasteiger partial charge in [0.2, 0.25) is 10.0 Å². The third-order valence-corrected chi connectivity index (χ3v) is 7.88. The van der Waals surface area contributed by atoms with Gasteiger partial charge in [-0.1, -0.05) is 30.3 Å². The standard InChI is InChI=1S/C24H27N3O3S2/c28-24(25-13-4-14-27-15-12-19-5-1-2-6-21(19)18-27)20-8-10-23(11-9-20)32(29,30)26-17-22-7-3-16-31-22/h1-3,5-11,16,26H,4,12-15,17-18H2,(H,25,28). The van der Waals surface area contributed by atoms with Crippen molar-refractivity contribution in [3.05, 3.63) is 87.6 Å². The maximum atomic E-state index is 12.4. The molecule has 6 nitrogen and oxygen atoms in total. The van der Waals surface area contributed by atoms with Crippen LogP contribution in [0.3, 0.4) is 0 Å². The van der Waals surface area contributed by atoms with E-state index in [0.29, 0.717) is 12.1 Å². The van der Waals surface area contributed by atoms with E-state index in [2.05, 4.69) is 39.2 Å². The first-order valence-electron chi connectivity index (χ1n) is 10.7. The topological polar surface area (TPSA) is 78.5 Å². The molecule has 2 N–H and O–H groups in total. The van der Waals surface area contributed by atoms with Gasteiger partial charge in [0.1, 0.15) is 0 Å². The zero-order valence-electron chi connectivity index (χ0n) is 17.8. The molecule has 32 heavy (non-hydrogen) atoms. The van der Waals surface area contributed by atoms with Crippen LogP contribution in [0.25, 0.3) is 0 Å². The van der Waals surface area contributed by atoms with Gasteiger partial charge in [-0.05, 0) is 59.7 Å². The van der Waals surface area contributed by atoms with Gasteiger partial charge in [-0.25, -0.2) is 13.1 Å². The first-order valence-corrected chi connectivity index (χ1v) is 13.1. The van der Waals surface area contributed by atoms with E-state index in [-0.39, 0.29) is 17.3 Å². The molecular formula is C24H27N3O3S2. The number of hydrogen-bond donors (Lipinski definition) is 2. The van der Waals surface area contributed by atoms with Crippen LogP contribution >= 0.6 is 11.3 Å². The van der Waals surface area contributed by atoms with E-state index in [1.807, 2.05) is 17.5 Å². The van der Waals surface area contributed by atoms with Crippen LogP contribution in [0.5, 0.6) is 0 Å². The molecule has 0 unspecified atom stereocenters. The first kappa shape index (κ1) is 22.7. The number of thiophene rings is 1. The van der Waals surface area contributed by atoms with E-state index in [1.54, 1.807) is 12.1 Å². The Morgan fingerprint density at radius 1 is 1.00 bits per heavy atom. The van der Waals surface area contributed by atoms with Gasteiger partial charge >= 0.3 is 0 Å². The fourth-order valence-corrected chi connectivity index (χ4v) is 5.54. The Bertz CT molecular complexity index is 1140. The van der Waals surface area contributed by atoms with E-state index in [1.165, 1.54) is 34.6 Å². The highest BCUT2D eigenvalue weighted by Gasteiger charge is 2.16. The molecule has 3 aromatic rings. The van der Waals surface area contributed by atoms with Gasteiger partial charge in [-0.2, -0.15) is 0 Å². The average molecular weight is 470 g/mol. The molecule has 0 bridgehead atoms. The molecule has 0 radical (unpaired) electrons. The van der Waals surface area contributed by atoms with Crippen LogP contribution in [0.1, 0.15) is 32.8 Å². The molecule has 0 atom stereocenters. The molecule has 0 saturated carbocycles. The highest BCUT2D eigenvalue weighted by Crippen LogP contribution is 2.18. The maximum absolute atomic E-state index is 12.4. The highest BCUT2D eigenvalue weighted by molar-refractivity contribution is 7.89. The van der Waals surface area contributed by atoms with Gasteiger partial charge < -0.3 is 5.32 Å². The Hall–Kier alpha value is -2.52. The summed E-state index contributed by atoms with van der Waals surface area (Å²) in [5.41, 5.74) is 3.28. The fraction of sp³-hybridized carbons (Fsp3) is 0.292. The van der Waals surface area contributed by atoms with Crippen LogP contribution in [-0.2, 0) is 29.5 Å². The Balaban J connectivity index is 1.22. The number of nitrogens with one attached hydrogen (secondary N) is 2. The van der Waals surface area contributed by atoms with Crippen LogP contribution in [-0.4, -0.2) is 38.9 Å². The fourth-order valence-electron chi connectivity index (χ4n) is 3.80. The number of benzene rings is 2. The summed E-state index contributed by atoms with van der Waals surface area (Å²) in [5, 5.41) is 4.84. The summed E-state index contributed by atoms with van der Waals surface area (Å²) in [6.45, 7) is 3.77. The lowest BCUT2D eigenvalue weighted by atomic mass is 10.00. The summed E-state index contributed by atoms with van der Waals surface area (Å²) in [6.07, 6.45) is 1.94. The summed E-state index contributed by atoms with van der Waals surface area (Å²) in [4.78, 5) is 15.9. The number of carbonyl (C=O) groups is 1. The SMILES string of the molecule is O=C(NCCCN1CCc2ccccc2C1)c1ccc(S(=O)(=O)NCc2cccs2)cc1. The lowest BCUT2D eigenvalue weighted by Gasteiger charge is -2.28. The maximum Gasteiger partial charge on any atom is 0.251 e. The molecule has 1 aliphatic rings. The number of nitrogens with zero attached hydrogens (tertiary/aromatic N) is 1. The molecule has 1 aliphatic heterocycles. The molecule has 1 amide bonds. The van der Waals surface area contributed by atoms with E-state index >= 15 is 0 Å². The Kier molecular flexibility index (Phi) is 7.36. The van der Waals surface area contributed by atoms with Crippen LogP contribution in [0.15, 0.2) is 70.9 Å². The van der Waals surface area contributed by atoms with Crippen molar-refractivity contribution in [1.29, 1.82) is 0 Å². The first-order chi connectivity index (χ1) is 15.5. The number of amides is 1. The third kappa shape index (κ3) is 5.83. The smallest absolute Gasteiger partial charge is 0.251 e. The zero-order chi connectivity index (χ0) is 22.4. The monoisotopic (exact) mass is 469 g/mol. The Morgan fingerprint density at radius 3 is 2.53 bits per heavy atom. The molecule has 0 aliphatic carbocycles. The van der Waals surface area contributed by atoms with Crippen LogP contribution < -0.4 is 10.0 Å². The molecule has 2 heterocycles. The van der Waals surface area contributed by atoms with E-state index in [0.717, 1.165) is 37.4 Å². The zero-order valence-corrected chi connectivity index (χ0v) is 19.4. The van der Waals surface area contributed by atoms with Gasteiger partial charge in [0.25, 0.3) is 5.91 Å². The van der Waals surface area contributed by atoms with E-state index < -0.39 is 10.0 Å². The van der Waals surface area contributed by atoms with Crippen LogP contribution in [0.2, 0.25) is 0 Å². The van der Waals surface area contributed by atoms with Crippen molar-refractivity contribution in [2.45, 2.75) is 30.8 Å². The Labute approximate surface area is 193 Å². The molecule has 2 aromatic carbocycles. The number of sulfonamides is 1. The summed E-state index contributed by atoms with van der Waals surface area (Å²) in [6, 6.07) is 18.4. The molecule has 0 saturated heterocycles. The predicted molar refractivity (Wildman–Crippen MR) is 127 cm³/mol. The number of rotatable bonds is 9. The lowest BCUT2D eigenvalue weighted by molar-refractivity contribution is 0.0951. The quantitative estimate of drug-likeness (QED) is 0.471. The lowest BCUT2D eigenvalue weighted by Crippen LogP contribution is -2.33. The minimum absolute atomic E-state index is 0.149. The minimum Gasteiger partial charge on any atom is -0.352 e. The number of hydrogen-bond acceptors (Lipinski definition) is 5. The minimum atomic E-state index is -3.61. The Morgan fingerprint density at radius 2 is 1.78 bits per heavy atom. The van der Waals surface area contributed by atoms with Crippen molar-refractivity contribution < 1.29 is 13.2 Å². The van der Waals surface area contributed by atoms with Gasteiger partial charge in [-0.3, -0.25) is 9.69 Å². The molecule has 4 rings (SSSR count). The highest BCUT2D eigenvalue weighted by atomic mass is 32.2.